The van der Waals surface area contributed by atoms with E-state index < -0.39 is 23.8 Å². The monoisotopic (exact) mass is 537 g/mol. The molecule has 2 N–H and O–H groups in total. The van der Waals surface area contributed by atoms with Crippen LogP contribution in [0.3, 0.4) is 0 Å². The first-order valence-electron chi connectivity index (χ1n) is 12.6. The number of rotatable bonds is 10. The Hall–Kier alpha value is -3.44. The van der Waals surface area contributed by atoms with E-state index in [1.54, 1.807) is 56.8 Å². The topological polar surface area (TPSA) is 87.7 Å². The Morgan fingerprint density at radius 2 is 1.71 bits per heavy atom. The van der Waals surface area contributed by atoms with Gasteiger partial charge in [-0.1, -0.05) is 36.3 Å². The predicted molar refractivity (Wildman–Crippen MR) is 155 cm³/mol. The summed E-state index contributed by atoms with van der Waals surface area (Å²) in [5.74, 6) is 2.48. The normalized spacial score (nSPS) is 12.7. The molecule has 204 valence electrons. The van der Waals surface area contributed by atoms with Crippen LogP contribution in [0.1, 0.15) is 63.8 Å². The summed E-state index contributed by atoms with van der Waals surface area (Å²) < 4.78 is 5.42. The van der Waals surface area contributed by atoms with Crippen molar-refractivity contribution < 1.29 is 19.1 Å². The number of terminal acetylenes is 1. The molecule has 0 aromatic heterocycles. The molecule has 38 heavy (non-hydrogen) atoms. The number of nitrogens with one attached hydrogen (secondary N) is 2. The van der Waals surface area contributed by atoms with Gasteiger partial charge in [-0.15, -0.1) is 6.42 Å². The average Bonchev–Trinajstić information content (AvgIpc) is 2.84. The molecule has 0 bridgehead atoms. The molecule has 0 fully saturated rings. The van der Waals surface area contributed by atoms with Gasteiger partial charge in [-0.05, 0) is 89.3 Å². The van der Waals surface area contributed by atoms with E-state index in [4.69, 9.17) is 11.2 Å². The quantitative estimate of drug-likeness (QED) is 0.389. The smallest absolute Gasteiger partial charge is 0.408 e. The highest BCUT2D eigenvalue weighted by atomic mass is 32.2. The van der Waals surface area contributed by atoms with Crippen LogP contribution in [0.5, 0.6) is 0 Å². The van der Waals surface area contributed by atoms with Gasteiger partial charge in [-0.3, -0.25) is 9.59 Å². The SMILES string of the molecule is C#Cc1ccc(C(C(=O)Nc2ccccc2C)N(C(=O)C(CCSC)NC(=O)OC(C)(C)C)C(C)C)cc1. The van der Waals surface area contributed by atoms with Crippen molar-refractivity contribution in [1.82, 2.24) is 10.2 Å². The first-order valence-corrected chi connectivity index (χ1v) is 14.0. The summed E-state index contributed by atoms with van der Waals surface area (Å²) in [6, 6.07) is 12.3. The van der Waals surface area contributed by atoms with Gasteiger partial charge in [-0.25, -0.2) is 4.79 Å². The van der Waals surface area contributed by atoms with Gasteiger partial charge in [0.05, 0.1) is 0 Å². The molecule has 2 aromatic rings. The lowest BCUT2D eigenvalue weighted by Gasteiger charge is -2.37. The van der Waals surface area contributed by atoms with Crippen LogP contribution in [0.15, 0.2) is 48.5 Å². The van der Waals surface area contributed by atoms with E-state index in [1.807, 2.05) is 51.3 Å². The van der Waals surface area contributed by atoms with E-state index in [1.165, 1.54) is 4.90 Å². The molecule has 8 heteroatoms. The van der Waals surface area contributed by atoms with Gasteiger partial charge in [0.15, 0.2) is 0 Å². The Labute approximate surface area is 231 Å². The number of carbonyl (C=O) groups excluding carboxylic acids is 3. The molecule has 7 nitrogen and oxygen atoms in total. The van der Waals surface area contributed by atoms with Gasteiger partial charge >= 0.3 is 6.09 Å². The first kappa shape index (κ1) is 30.8. The van der Waals surface area contributed by atoms with Crippen LogP contribution >= 0.6 is 11.8 Å². The largest absolute Gasteiger partial charge is 0.444 e. The average molecular weight is 538 g/mol. The molecular formula is C30H39N3O4S. The van der Waals surface area contributed by atoms with Crippen LogP contribution in [0.25, 0.3) is 0 Å². The minimum Gasteiger partial charge on any atom is -0.444 e. The van der Waals surface area contributed by atoms with Crippen molar-refractivity contribution in [3.05, 3.63) is 65.2 Å². The summed E-state index contributed by atoms with van der Waals surface area (Å²) in [4.78, 5) is 42.1. The van der Waals surface area contributed by atoms with Crippen LogP contribution in [0.4, 0.5) is 10.5 Å². The highest BCUT2D eigenvalue weighted by Gasteiger charge is 2.37. The molecule has 2 rings (SSSR count). The maximum Gasteiger partial charge on any atom is 0.408 e. The molecule has 2 aromatic carbocycles. The highest BCUT2D eigenvalue weighted by molar-refractivity contribution is 7.98. The van der Waals surface area contributed by atoms with Gasteiger partial charge in [0.25, 0.3) is 5.91 Å². The maximum absolute atomic E-state index is 14.1. The minimum absolute atomic E-state index is 0.361. The fourth-order valence-corrected chi connectivity index (χ4v) is 4.39. The van der Waals surface area contributed by atoms with Crippen molar-refractivity contribution in [1.29, 1.82) is 0 Å². The zero-order chi connectivity index (χ0) is 28.5. The zero-order valence-corrected chi connectivity index (χ0v) is 24.1. The standard InChI is InChI=1S/C30H39N3O4S/c1-9-22-14-16-23(17-15-22)26(27(34)31-24-13-11-10-12-21(24)4)33(20(2)3)28(35)25(18-19-38-8)32-29(36)37-30(5,6)7/h1,10-17,20,25-26H,18-19H2,2-8H3,(H,31,34)(H,32,36). The Bertz CT molecular complexity index is 1150. The second kappa shape index (κ2) is 13.9. The second-order valence-corrected chi connectivity index (χ2v) is 11.3. The van der Waals surface area contributed by atoms with E-state index >= 15 is 0 Å². The van der Waals surface area contributed by atoms with E-state index in [2.05, 4.69) is 16.6 Å². The summed E-state index contributed by atoms with van der Waals surface area (Å²) in [7, 11) is 0. The lowest BCUT2D eigenvalue weighted by atomic mass is 9.99. The van der Waals surface area contributed by atoms with Crippen LogP contribution in [-0.4, -0.2) is 52.5 Å². The molecule has 2 unspecified atom stereocenters. The van der Waals surface area contributed by atoms with E-state index in [-0.39, 0.29) is 17.9 Å². The number of hydrogen-bond acceptors (Lipinski definition) is 5. The molecule has 2 atom stereocenters. The van der Waals surface area contributed by atoms with E-state index in [9.17, 15) is 14.4 Å². The highest BCUT2D eigenvalue weighted by Crippen LogP contribution is 2.28. The molecule has 0 saturated carbocycles. The zero-order valence-electron chi connectivity index (χ0n) is 23.3. The van der Waals surface area contributed by atoms with Crippen molar-refractivity contribution in [2.45, 2.75) is 71.7 Å². The number of ether oxygens (including phenoxy) is 1. The van der Waals surface area contributed by atoms with Crippen LogP contribution < -0.4 is 10.6 Å². The van der Waals surface area contributed by atoms with Crippen molar-refractivity contribution in [2.75, 3.05) is 17.3 Å². The van der Waals surface area contributed by atoms with Gasteiger partial charge in [-0.2, -0.15) is 11.8 Å². The molecule has 0 aliphatic rings. The van der Waals surface area contributed by atoms with Crippen molar-refractivity contribution in [3.63, 3.8) is 0 Å². The Morgan fingerprint density at radius 1 is 1.08 bits per heavy atom. The van der Waals surface area contributed by atoms with Gasteiger partial charge in [0.1, 0.15) is 17.7 Å². The fourth-order valence-electron chi connectivity index (χ4n) is 3.92. The number of aryl methyl sites for hydroxylation is 1. The molecule has 0 radical (unpaired) electrons. The van der Waals surface area contributed by atoms with Crippen LogP contribution in [-0.2, 0) is 14.3 Å². The van der Waals surface area contributed by atoms with E-state index in [0.717, 1.165) is 5.56 Å². The number of nitrogens with zero attached hydrogens (tertiary/aromatic N) is 1. The summed E-state index contributed by atoms with van der Waals surface area (Å²) in [6.45, 7) is 10.9. The molecule has 0 heterocycles. The van der Waals surface area contributed by atoms with Crippen LogP contribution in [0, 0.1) is 19.3 Å². The lowest BCUT2D eigenvalue weighted by molar-refractivity contribution is -0.143. The Morgan fingerprint density at radius 3 is 2.24 bits per heavy atom. The number of thioether (sulfide) groups is 1. The number of amides is 3. The predicted octanol–water partition coefficient (Wildman–Crippen LogP) is 5.54. The Kier molecular flexibility index (Phi) is 11.3. The number of para-hydroxylation sites is 1. The minimum atomic E-state index is -0.967. The number of carbonyl (C=O) groups is 3. The molecule has 0 saturated heterocycles. The summed E-state index contributed by atoms with van der Waals surface area (Å²) in [5, 5.41) is 5.73. The maximum atomic E-state index is 14.1. The number of benzene rings is 2. The summed E-state index contributed by atoms with van der Waals surface area (Å²) >= 11 is 1.57. The molecule has 0 aliphatic carbocycles. The van der Waals surface area contributed by atoms with Crippen molar-refractivity contribution in [3.8, 4) is 12.3 Å². The number of hydrogen-bond donors (Lipinski definition) is 2. The number of alkyl carbamates (subject to hydrolysis) is 1. The summed E-state index contributed by atoms with van der Waals surface area (Å²) in [6.07, 6.45) is 7.17. The molecular weight excluding hydrogens is 498 g/mol. The molecule has 3 amide bonds. The summed E-state index contributed by atoms with van der Waals surface area (Å²) in [5.41, 5.74) is 2.11. The second-order valence-electron chi connectivity index (χ2n) is 10.3. The third kappa shape index (κ3) is 8.84. The Balaban J connectivity index is 2.52. The van der Waals surface area contributed by atoms with E-state index in [0.29, 0.717) is 29.0 Å². The third-order valence-electron chi connectivity index (χ3n) is 5.73. The third-order valence-corrected chi connectivity index (χ3v) is 6.38. The van der Waals surface area contributed by atoms with Gasteiger partial charge in [0, 0.05) is 17.3 Å². The fraction of sp³-hybridized carbons (Fsp3) is 0.433. The number of anilines is 1. The van der Waals surface area contributed by atoms with Gasteiger partial charge < -0.3 is 20.3 Å². The van der Waals surface area contributed by atoms with Crippen molar-refractivity contribution >= 4 is 35.4 Å². The van der Waals surface area contributed by atoms with Gasteiger partial charge in [0.2, 0.25) is 5.91 Å². The molecule has 0 spiro atoms. The first-order chi connectivity index (χ1) is 17.9. The van der Waals surface area contributed by atoms with Crippen molar-refractivity contribution in [2.24, 2.45) is 0 Å². The molecule has 0 aliphatic heterocycles. The van der Waals surface area contributed by atoms with Crippen LogP contribution in [0.2, 0.25) is 0 Å². The lowest BCUT2D eigenvalue weighted by Crippen LogP contribution is -2.54.